The molecular formula is C16H22N2O2. The fourth-order valence-corrected chi connectivity index (χ4v) is 2.18. The van der Waals surface area contributed by atoms with Crippen LogP contribution in [0.25, 0.3) is 0 Å². The van der Waals surface area contributed by atoms with Gasteiger partial charge in [-0.3, -0.25) is 9.59 Å². The van der Waals surface area contributed by atoms with Gasteiger partial charge in [-0.15, -0.1) is 0 Å². The molecule has 1 N–H and O–H groups in total. The van der Waals surface area contributed by atoms with Crippen molar-refractivity contribution < 1.29 is 9.59 Å². The maximum absolute atomic E-state index is 12.1. The van der Waals surface area contributed by atoms with Crippen LogP contribution in [0.1, 0.15) is 32.8 Å². The Balaban J connectivity index is 2.04. The third-order valence-corrected chi connectivity index (χ3v) is 3.49. The van der Waals surface area contributed by atoms with E-state index in [9.17, 15) is 9.59 Å². The lowest BCUT2D eigenvalue weighted by Gasteiger charge is -2.22. The zero-order chi connectivity index (χ0) is 14.9. The molecule has 1 saturated heterocycles. The lowest BCUT2D eigenvalue weighted by molar-refractivity contribution is -0.129. The summed E-state index contributed by atoms with van der Waals surface area (Å²) in [6, 6.07) is 7.77. The minimum absolute atomic E-state index is 0.0129. The highest BCUT2D eigenvalue weighted by molar-refractivity contribution is 5.97. The van der Waals surface area contributed by atoms with Crippen LogP contribution in [0.4, 0.5) is 5.69 Å². The lowest BCUT2D eigenvalue weighted by atomic mass is 9.95. The van der Waals surface area contributed by atoms with Gasteiger partial charge in [-0.2, -0.15) is 0 Å². The van der Waals surface area contributed by atoms with Crippen LogP contribution in [0.15, 0.2) is 24.3 Å². The van der Waals surface area contributed by atoms with Crippen LogP contribution in [-0.2, 0) is 9.59 Å². The van der Waals surface area contributed by atoms with E-state index < -0.39 is 5.41 Å². The molecular weight excluding hydrogens is 252 g/mol. The molecule has 0 aliphatic carbocycles. The Labute approximate surface area is 120 Å². The van der Waals surface area contributed by atoms with Crippen molar-refractivity contribution in [2.75, 3.05) is 11.4 Å². The number of aryl methyl sites for hydroxylation is 1. The third-order valence-electron chi connectivity index (χ3n) is 3.49. The predicted octanol–water partition coefficient (Wildman–Crippen LogP) is 2.26. The minimum Gasteiger partial charge on any atom is -0.351 e. The van der Waals surface area contributed by atoms with Crippen molar-refractivity contribution in [3.63, 3.8) is 0 Å². The second-order valence-corrected chi connectivity index (χ2v) is 6.46. The molecule has 1 aromatic rings. The highest BCUT2D eigenvalue weighted by atomic mass is 16.2. The summed E-state index contributed by atoms with van der Waals surface area (Å²) in [7, 11) is 0. The Morgan fingerprint density at radius 1 is 1.25 bits per heavy atom. The lowest BCUT2D eigenvalue weighted by Crippen LogP contribution is -2.43. The first-order valence-corrected chi connectivity index (χ1v) is 6.95. The smallest absolute Gasteiger partial charge is 0.229 e. The average molecular weight is 274 g/mol. The molecule has 0 aromatic heterocycles. The Morgan fingerprint density at radius 3 is 2.40 bits per heavy atom. The Hall–Kier alpha value is -1.84. The Bertz CT molecular complexity index is 514. The molecule has 1 unspecified atom stereocenters. The summed E-state index contributed by atoms with van der Waals surface area (Å²) in [6.45, 7) is 8.18. The van der Waals surface area contributed by atoms with Crippen molar-refractivity contribution in [1.82, 2.24) is 5.32 Å². The fourth-order valence-electron chi connectivity index (χ4n) is 2.18. The molecule has 1 aromatic carbocycles. The fraction of sp³-hybridized carbons (Fsp3) is 0.500. The maximum atomic E-state index is 12.1. The number of carbonyl (C=O) groups is 2. The van der Waals surface area contributed by atoms with Crippen molar-refractivity contribution in [1.29, 1.82) is 0 Å². The Morgan fingerprint density at radius 2 is 1.85 bits per heavy atom. The molecule has 0 saturated carbocycles. The molecule has 1 aliphatic heterocycles. The van der Waals surface area contributed by atoms with Gasteiger partial charge in [0.15, 0.2) is 0 Å². The van der Waals surface area contributed by atoms with Crippen molar-refractivity contribution in [3.05, 3.63) is 29.8 Å². The molecule has 0 radical (unpaired) electrons. The van der Waals surface area contributed by atoms with Crippen LogP contribution >= 0.6 is 0 Å². The number of hydrogen-bond acceptors (Lipinski definition) is 2. The predicted molar refractivity (Wildman–Crippen MR) is 79.5 cm³/mol. The summed E-state index contributed by atoms with van der Waals surface area (Å²) in [5.41, 5.74) is 1.63. The van der Waals surface area contributed by atoms with E-state index in [0.29, 0.717) is 13.0 Å². The molecule has 20 heavy (non-hydrogen) atoms. The van der Waals surface area contributed by atoms with Gasteiger partial charge in [0.25, 0.3) is 0 Å². The maximum Gasteiger partial charge on any atom is 0.229 e. The quantitative estimate of drug-likeness (QED) is 0.899. The van der Waals surface area contributed by atoms with Gasteiger partial charge in [0, 0.05) is 24.1 Å². The van der Waals surface area contributed by atoms with Gasteiger partial charge in [0.05, 0.1) is 6.04 Å². The van der Waals surface area contributed by atoms with E-state index in [4.69, 9.17) is 0 Å². The van der Waals surface area contributed by atoms with Crippen LogP contribution in [0, 0.1) is 12.3 Å². The summed E-state index contributed by atoms with van der Waals surface area (Å²) < 4.78 is 0. The molecule has 0 bridgehead atoms. The van der Waals surface area contributed by atoms with Gasteiger partial charge in [0.1, 0.15) is 0 Å². The summed E-state index contributed by atoms with van der Waals surface area (Å²) in [4.78, 5) is 25.8. The highest BCUT2D eigenvalue weighted by Gasteiger charge is 2.33. The zero-order valence-electron chi connectivity index (χ0n) is 12.6. The largest absolute Gasteiger partial charge is 0.351 e. The van der Waals surface area contributed by atoms with Crippen LogP contribution in [-0.4, -0.2) is 24.4 Å². The second kappa shape index (κ2) is 5.27. The molecule has 1 fully saturated rings. The summed E-state index contributed by atoms with van der Waals surface area (Å²) in [6.07, 6.45) is 0.371. The first-order chi connectivity index (χ1) is 9.27. The molecule has 2 amide bonds. The minimum atomic E-state index is -0.430. The number of rotatable bonds is 2. The first kappa shape index (κ1) is 14.6. The van der Waals surface area contributed by atoms with Crippen molar-refractivity contribution in [3.8, 4) is 0 Å². The summed E-state index contributed by atoms with van der Waals surface area (Å²) in [5, 5.41) is 2.96. The molecule has 108 valence electrons. The van der Waals surface area contributed by atoms with Crippen LogP contribution in [0.2, 0.25) is 0 Å². The molecule has 4 heteroatoms. The van der Waals surface area contributed by atoms with E-state index in [1.807, 2.05) is 52.0 Å². The van der Waals surface area contributed by atoms with Gasteiger partial charge in [-0.05, 0) is 19.1 Å². The first-order valence-electron chi connectivity index (χ1n) is 6.95. The number of nitrogens with one attached hydrogen (secondary N) is 1. The van der Waals surface area contributed by atoms with Gasteiger partial charge in [-0.25, -0.2) is 0 Å². The average Bonchev–Trinajstić information content (AvgIpc) is 2.70. The van der Waals surface area contributed by atoms with Crippen LogP contribution < -0.4 is 10.2 Å². The van der Waals surface area contributed by atoms with Crippen molar-refractivity contribution in [2.24, 2.45) is 5.41 Å². The number of benzene rings is 1. The standard InChI is InChI=1S/C16H22N2O2/c1-11-5-7-13(8-6-11)18-10-12(9-14(18)19)17-15(20)16(2,3)4/h5-8,12H,9-10H2,1-4H3,(H,17,20). The SMILES string of the molecule is Cc1ccc(N2CC(NC(=O)C(C)(C)C)CC2=O)cc1. The molecule has 1 aliphatic rings. The summed E-state index contributed by atoms with van der Waals surface area (Å²) >= 11 is 0. The van der Waals surface area contributed by atoms with E-state index >= 15 is 0 Å². The van der Waals surface area contributed by atoms with E-state index in [1.54, 1.807) is 4.90 Å². The molecule has 0 spiro atoms. The summed E-state index contributed by atoms with van der Waals surface area (Å²) in [5.74, 6) is 0.0501. The number of anilines is 1. The number of amides is 2. The number of nitrogens with zero attached hydrogens (tertiary/aromatic N) is 1. The monoisotopic (exact) mass is 274 g/mol. The number of carbonyl (C=O) groups excluding carboxylic acids is 2. The topological polar surface area (TPSA) is 49.4 Å². The van der Waals surface area contributed by atoms with E-state index in [1.165, 1.54) is 0 Å². The van der Waals surface area contributed by atoms with Crippen LogP contribution in [0.5, 0.6) is 0 Å². The van der Waals surface area contributed by atoms with Crippen molar-refractivity contribution in [2.45, 2.75) is 40.2 Å². The van der Waals surface area contributed by atoms with Gasteiger partial charge >= 0.3 is 0 Å². The molecule has 2 rings (SSSR count). The van der Waals surface area contributed by atoms with Gasteiger partial charge < -0.3 is 10.2 Å². The van der Waals surface area contributed by atoms with E-state index in [0.717, 1.165) is 11.3 Å². The highest BCUT2D eigenvalue weighted by Crippen LogP contribution is 2.23. The van der Waals surface area contributed by atoms with Crippen LogP contribution in [0.3, 0.4) is 0 Å². The van der Waals surface area contributed by atoms with Gasteiger partial charge in [0.2, 0.25) is 11.8 Å². The Kier molecular flexibility index (Phi) is 3.84. The third kappa shape index (κ3) is 3.18. The normalized spacial score (nSPS) is 19.3. The zero-order valence-corrected chi connectivity index (χ0v) is 12.6. The molecule has 4 nitrogen and oxygen atoms in total. The van der Waals surface area contributed by atoms with E-state index in [-0.39, 0.29) is 17.9 Å². The van der Waals surface area contributed by atoms with Gasteiger partial charge in [-0.1, -0.05) is 38.5 Å². The number of hydrogen-bond donors (Lipinski definition) is 1. The second-order valence-electron chi connectivity index (χ2n) is 6.46. The molecule has 1 heterocycles. The van der Waals surface area contributed by atoms with E-state index in [2.05, 4.69) is 5.32 Å². The molecule has 1 atom stereocenters. The van der Waals surface area contributed by atoms with Crippen molar-refractivity contribution >= 4 is 17.5 Å².